The first-order valence-corrected chi connectivity index (χ1v) is 4.31. The molecule has 1 aromatic rings. The Hall–Kier alpha value is -0.340. The third kappa shape index (κ3) is 2.31. The fraction of sp³-hybridized carbons (Fsp3) is 0.111. The zero-order valence-corrected chi connectivity index (χ0v) is 8.07. The number of hydrogen-bond donors (Lipinski definition) is 2. The monoisotopic (exact) mass is 182 g/mol. The molecule has 0 unspecified atom stereocenters. The van der Waals surface area contributed by atoms with Crippen LogP contribution in [-0.2, 0) is 0 Å². The minimum atomic E-state index is 0.897. The van der Waals surface area contributed by atoms with E-state index in [-0.39, 0.29) is 0 Å². The van der Waals surface area contributed by atoms with Crippen molar-refractivity contribution in [1.29, 1.82) is 0 Å². The highest BCUT2D eigenvalue weighted by Crippen LogP contribution is 2.18. The lowest BCUT2D eigenvalue weighted by molar-refractivity contribution is 1.46. The maximum Gasteiger partial charge on any atom is 0.0173 e. The average Bonchev–Trinajstić information content (AvgIpc) is 2.05. The van der Waals surface area contributed by atoms with Crippen LogP contribution in [-0.4, -0.2) is 0 Å². The quantitative estimate of drug-likeness (QED) is 0.612. The Kier molecular flexibility index (Phi) is 3.09. The van der Waals surface area contributed by atoms with Gasteiger partial charge in [-0.05, 0) is 17.9 Å². The van der Waals surface area contributed by atoms with Gasteiger partial charge in [0, 0.05) is 4.91 Å². The van der Waals surface area contributed by atoms with Crippen LogP contribution in [0, 0.1) is 6.92 Å². The van der Waals surface area contributed by atoms with Crippen LogP contribution in [0.1, 0.15) is 11.1 Å². The highest BCUT2D eigenvalue weighted by molar-refractivity contribution is 7.92. The SMILES string of the molecule is Cc1ccc(/C(S)=C/S)cc1. The topological polar surface area (TPSA) is 0 Å². The maximum absolute atomic E-state index is 4.24. The predicted octanol–water partition coefficient (Wildman–Crippen LogP) is 3.15. The van der Waals surface area contributed by atoms with Crippen molar-refractivity contribution in [3.05, 3.63) is 40.8 Å². The van der Waals surface area contributed by atoms with Crippen LogP contribution in [0.2, 0.25) is 0 Å². The Morgan fingerprint density at radius 1 is 1.27 bits per heavy atom. The molecule has 0 aliphatic rings. The molecule has 0 atom stereocenters. The summed E-state index contributed by atoms with van der Waals surface area (Å²) in [5.74, 6) is 0. The van der Waals surface area contributed by atoms with E-state index in [2.05, 4.69) is 44.3 Å². The molecular formula is C9H10S2. The molecule has 0 aliphatic carbocycles. The number of thiol groups is 2. The lowest BCUT2D eigenvalue weighted by Crippen LogP contribution is -1.76. The molecular weight excluding hydrogens is 172 g/mol. The second-order valence-corrected chi connectivity index (χ2v) is 3.12. The molecule has 0 spiro atoms. The number of benzene rings is 1. The van der Waals surface area contributed by atoms with Crippen LogP contribution in [0.25, 0.3) is 4.91 Å². The van der Waals surface area contributed by atoms with Gasteiger partial charge in [0.15, 0.2) is 0 Å². The third-order valence-electron chi connectivity index (χ3n) is 1.47. The Morgan fingerprint density at radius 2 is 1.82 bits per heavy atom. The Bertz CT molecular complexity index is 259. The van der Waals surface area contributed by atoms with E-state index in [9.17, 15) is 0 Å². The summed E-state index contributed by atoms with van der Waals surface area (Å²) in [6, 6.07) is 8.18. The summed E-state index contributed by atoms with van der Waals surface area (Å²) in [5.41, 5.74) is 2.36. The van der Waals surface area contributed by atoms with E-state index in [1.807, 2.05) is 12.1 Å². The van der Waals surface area contributed by atoms with E-state index >= 15 is 0 Å². The predicted molar refractivity (Wildman–Crippen MR) is 57.1 cm³/mol. The van der Waals surface area contributed by atoms with E-state index in [4.69, 9.17) is 0 Å². The van der Waals surface area contributed by atoms with Crippen LogP contribution < -0.4 is 0 Å². The summed E-state index contributed by atoms with van der Waals surface area (Å²) in [4.78, 5) is 0.897. The van der Waals surface area contributed by atoms with Crippen molar-refractivity contribution in [3.8, 4) is 0 Å². The fourth-order valence-electron chi connectivity index (χ4n) is 0.799. The van der Waals surface area contributed by atoms with Gasteiger partial charge in [-0.25, -0.2) is 0 Å². The Morgan fingerprint density at radius 3 is 2.27 bits per heavy atom. The Balaban J connectivity index is 2.99. The molecule has 0 nitrogen and oxygen atoms in total. The largest absolute Gasteiger partial charge is 0.150 e. The van der Waals surface area contributed by atoms with Crippen molar-refractivity contribution in [2.45, 2.75) is 6.92 Å². The highest BCUT2D eigenvalue weighted by Gasteiger charge is 1.92. The minimum absolute atomic E-state index is 0.897. The van der Waals surface area contributed by atoms with E-state index in [1.165, 1.54) is 5.56 Å². The van der Waals surface area contributed by atoms with Crippen LogP contribution in [0.15, 0.2) is 29.7 Å². The van der Waals surface area contributed by atoms with E-state index < -0.39 is 0 Å². The van der Waals surface area contributed by atoms with E-state index in [1.54, 1.807) is 5.41 Å². The van der Waals surface area contributed by atoms with Crippen molar-refractivity contribution >= 4 is 30.2 Å². The molecule has 0 fully saturated rings. The van der Waals surface area contributed by atoms with Crippen LogP contribution in [0.5, 0.6) is 0 Å². The van der Waals surface area contributed by atoms with Gasteiger partial charge in [-0.3, -0.25) is 0 Å². The Labute approximate surface area is 78.1 Å². The molecule has 0 bridgehead atoms. The molecule has 0 saturated carbocycles. The van der Waals surface area contributed by atoms with Crippen molar-refractivity contribution in [1.82, 2.24) is 0 Å². The second-order valence-electron chi connectivity index (χ2n) is 2.38. The molecule has 0 amide bonds. The molecule has 0 heterocycles. The summed E-state index contributed by atoms with van der Waals surface area (Å²) in [7, 11) is 0. The molecule has 11 heavy (non-hydrogen) atoms. The highest BCUT2D eigenvalue weighted by atomic mass is 32.1. The number of rotatable bonds is 1. The standard InChI is InChI=1S/C9H10S2/c1-7-2-4-8(5-3-7)9(11)6-10/h2-6,10-11H,1H3/b9-6-. The zero-order valence-electron chi connectivity index (χ0n) is 6.28. The molecule has 58 valence electrons. The minimum Gasteiger partial charge on any atom is -0.150 e. The van der Waals surface area contributed by atoms with E-state index in [0.29, 0.717) is 0 Å². The lowest BCUT2D eigenvalue weighted by atomic mass is 10.1. The van der Waals surface area contributed by atoms with Crippen LogP contribution in [0.4, 0.5) is 0 Å². The lowest BCUT2D eigenvalue weighted by Gasteiger charge is -1.98. The molecule has 0 N–H and O–H groups in total. The first-order chi connectivity index (χ1) is 5.24. The van der Waals surface area contributed by atoms with Gasteiger partial charge >= 0.3 is 0 Å². The molecule has 0 aliphatic heterocycles. The zero-order chi connectivity index (χ0) is 8.27. The molecule has 1 rings (SSSR count). The first kappa shape index (κ1) is 8.75. The molecule has 0 radical (unpaired) electrons. The normalized spacial score (nSPS) is 11.7. The van der Waals surface area contributed by atoms with Gasteiger partial charge in [0.2, 0.25) is 0 Å². The summed E-state index contributed by atoms with van der Waals surface area (Å²) in [6.45, 7) is 2.06. The number of hydrogen-bond acceptors (Lipinski definition) is 2. The molecule has 0 saturated heterocycles. The molecule has 1 aromatic carbocycles. The van der Waals surface area contributed by atoms with Crippen LogP contribution in [0.3, 0.4) is 0 Å². The first-order valence-electron chi connectivity index (χ1n) is 3.34. The number of aryl methyl sites for hydroxylation is 1. The van der Waals surface area contributed by atoms with Gasteiger partial charge in [0.05, 0.1) is 0 Å². The van der Waals surface area contributed by atoms with Gasteiger partial charge in [0.25, 0.3) is 0 Å². The van der Waals surface area contributed by atoms with Gasteiger partial charge in [-0.2, -0.15) is 12.6 Å². The average molecular weight is 182 g/mol. The summed E-state index contributed by atoms with van der Waals surface area (Å²) in [6.07, 6.45) is 0. The van der Waals surface area contributed by atoms with Crippen molar-refractivity contribution in [3.63, 3.8) is 0 Å². The summed E-state index contributed by atoms with van der Waals surface area (Å²) in [5, 5.41) is 1.69. The van der Waals surface area contributed by atoms with Crippen molar-refractivity contribution in [2.75, 3.05) is 0 Å². The third-order valence-corrected chi connectivity index (χ3v) is 2.32. The van der Waals surface area contributed by atoms with Gasteiger partial charge in [0.1, 0.15) is 0 Å². The summed E-state index contributed by atoms with van der Waals surface area (Å²) >= 11 is 8.25. The summed E-state index contributed by atoms with van der Waals surface area (Å²) < 4.78 is 0. The van der Waals surface area contributed by atoms with Gasteiger partial charge < -0.3 is 0 Å². The fourth-order valence-corrected chi connectivity index (χ4v) is 1.10. The van der Waals surface area contributed by atoms with Crippen molar-refractivity contribution < 1.29 is 0 Å². The van der Waals surface area contributed by atoms with Crippen LogP contribution >= 0.6 is 25.3 Å². The van der Waals surface area contributed by atoms with E-state index in [0.717, 1.165) is 10.5 Å². The van der Waals surface area contributed by atoms with Gasteiger partial charge in [-0.15, -0.1) is 12.6 Å². The van der Waals surface area contributed by atoms with Gasteiger partial charge in [-0.1, -0.05) is 29.8 Å². The molecule has 2 heteroatoms. The smallest absolute Gasteiger partial charge is 0.0173 e. The maximum atomic E-state index is 4.24. The second kappa shape index (κ2) is 3.88. The van der Waals surface area contributed by atoms with Crippen molar-refractivity contribution in [2.24, 2.45) is 0 Å². The molecule has 0 aromatic heterocycles.